The van der Waals surface area contributed by atoms with Crippen molar-refractivity contribution in [1.82, 2.24) is 20.2 Å². The topological polar surface area (TPSA) is 141 Å². The van der Waals surface area contributed by atoms with Gasteiger partial charge in [-0.1, -0.05) is 30.1 Å². The van der Waals surface area contributed by atoms with Gasteiger partial charge in [0.1, 0.15) is 39.5 Å². The van der Waals surface area contributed by atoms with Gasteiger partial charge in [-0.25, -0.2) is 14.8 Å². The molecule has 15 heteroatoms. The van der Waals surface area contributed by atoms with E-state index in [9.17, 15) is 14.4 Å². The van der Waals surface area contributed by atoms with E-state index in [2.05, 4.69) is 42.6 Å². The molecule has 13 nitrogen and oxygen atoms in total. The zero-order valence-corrected chi connectivity index (χ0v) is 26.8. The molecular weight excluding hydrogens is 623 g/mol. The lowest BCUT2D eigenvalue weighted by atomic mass is 10.1. The number of carbonyl (C=O) groups is 3. The summed E-state index contributed by atoms with van der Waals surface area (Å²) in [6, 6.07) is 8.32. The van der Waals surface area contributed by atoms with Crippen molar-refractivity contribution < 1.29 is 23.9 Å². The van der Waals surface area contributed by atoms with Crippen LogP contribution >= 0.6 is 23.2 Å². The number of likely N-dealkylation sites (N-methyl/N-ethyl adjacent to an activating group) is 1. The molecule has 0 bridgehead atoms. The van der Waals surface area contributed by atoms with E-state index in [4.69, 9.17) is 32.7 Å². The molecule has 1 aliphatic rings. The van der Waals surface area contributed by atoms with Gasteiger partial charge < -0.3 is 24.6 Å². The number of piperazine rings is 1. The minimum absolute atomic E-state index is 0.129. The van der Waals surface area contributed by atoms with Crippen LogP contribution in [0.3, 0.4) is 0 Å². The van der Waals surface area contributed by atoms with Crippen LogP contribution in [0.5, 0.6) is 11.5 Å². The number of ether oxygens (including phenoxy) is 2. The number of imide groups is 1. The average Bonchev–Trinajstić information content (AvgIpc) is 3.04. The van der Waals surface area contributed by atoms with E-state index in [0.717, 1.165) is 38.4 Å². The summed E-state index contributed by atoms with van der Waals surface area (Å²) in [4.78, 5) is 50.3. The fourth-order valence-corrected chi connectivity index (χ4v) is 5.44. The Labute approximate surface area is 271 Å². The molecule has 0 aliphatic carbocycles. The van der Waals surface area contributed by atoms with Crippen molar-refractivity contribution in [3.63, 3.8) is 0 Å². The second kappa shape index (κ2) is 15.4. The number of urea groups is 1. The van der Waals surface area contributed by atoms with Gasteiger partial charge in [-0.15, -0.1) is 0 Å². The standard InChI is InChI=1S/C30H34Cl2N8O5/c1-5-39-10-12-40(13-11-39)20-7-8-21(19(14-20)6-9-26(42)35-18-41)36-24-16-25(34-17-33-24)37-30(43)38(2)29-27(31)22(44-3)15-23(45-4)28(29)32/h6-9,14-18H,5,10-13H2,1-4H3,(H,35,41,42)(H2,33,34,36,37,43). The first-order valence-corrected chi connectivity index (χ1v) is 14.7. The maximum Gasteiger partial charge on any atom is 0.327 e. The van der Waals surface area contributed by atoms with E-state index in [1.807, 2.05) is 18.2 Å². The number of carbonyl (C=O) groups excluding carboxylic acids is 3. The monoisotopic (exact) mass is 656 g/mol. The third-order valence-corrected chi connectivity index (χ3v) is 7.92. The van der Waals surface area contributed by atoms with Crippen LogP contribution in [0.15, 0.2) is 42.7 Å². The molecule has 1 aliphatic heterocycles. The maximum absolute atomic E-state index is 13.2. The van der Waals surface area contributed by atoms with Gasteiger partial charge in [0.2, 0.25) is 12.3 Å². The summed E-state index contributed by atoms with van der Waals surface area (Å²) in [5, 5.41) is 8.30. The van der Waals surface area contributed by atoms with Gasteiger partial charge in [0.05, 0.1) is 19.9 Å². The van der Waals surface area contributed by atoms with Crippen LogP contribution < -0.4 is 35.2 Å². The summed E-state index contributed by atoms with van der Waals surface area (Å²) in [7, 11) is 4.37. The third-order valence-electron chi connectivity index (χ3n) is 7.19. The lowest BCUT2D eigenvalue weighted by Gasteiger charge is -2.35. The van der Waals surface area contributed by atoms with Crippen LogP contribution in [-0.2, 0) is 9.59 Å². The summed E-state index contributed by atoms with van der Waals surface area (Å²) >= 11 is 13.0. The van der Waals surface area contributed by atoms with Gasteiger partial charge in [-0.05, 0) is 30.8 Å². The molecule has 238 valence electrons. The van der Waals surface area contributed by atoms with Crippen molar-refractivity contribution in [1.29, 1.82) is 0 Å². The van der Waals surface area contributed by atoms with Gasteiger partial charge in [-0.3, -0.25) is 25.1 Å². The molecule has 0 atom stereocenters. The molecule has 0 saturated carbocycles. The van der Waals surface area contributed by atoms with E-state index in [-0.39, 0.29) is 33.0 Å². The number of nitrogens with one attached hydrogen (secondary N) is 3. The lowest BCUT2D eigenvalue weighted by molar-refractivity contribution is -0.121. The molecule has 1 aromatic heterocycles. The van der Waals surface area contributed by atoms with Gasteiger partial charge in [-0.2, -0.15) is 0 Å². The number of hydrogen-bond donors (Lipinski definition) is 3. The highest BCUT2D eigenvalue weighted by Crippen LogP contribution is 2.45. The zero-order chi connectivity index (χ0) is 32.5. The Morgan fingerprint density at radius 3 is 2.29 bits per heavy atom. The first-order chi connectivity index (χ1) is 21.7. The highest BCUT2D eigenvalue weighted by Gasteiger charge is 2.24. The van der Waals surface area contributed by atoms with E-state index in [1.54, 1.807) is 12.1 Å². The molecule has 1 saturated heterocycles. The van der Waals surface area contributed by atoms with Gasteiger partial charge in [0.25, 0.3) is 0 Å². The summed E-state index contributed by atoms with van der Waals surface area (Å²) in [6.45, 7) is 6.81. The van der Waals surface area contributed by atoms with Crippen molar-refractivity contribution in [3.8, 4) is 11.5 Å². The fraction of sp³-hybridized carbons (Fsp3) is 0.300. The van der Waals surface area contributed by atoms with Crippen LogP contribution in [-0.4, -0.2) is 87.2 Å². The molecule has 3 N–H and O–H groups in total. The number of benzene rings is 2. The van der Waals surface area contributed by atoms with Crippen molar-refractivity contribution in [2.45, 2.75) is 6.92 Å². The highest BCUT2D eigenvalue weighted by atomic mass is 35.5. The molecule has 0 spiro atoms. The molecule has 0 radical (unpaired) electrons. The molecule has 2 heterocycles. The molecule has 0 unspecified atom stereocenters. The van der Waals surface area contributed by atoms with Gasteiger partial charge >= 0.3 is 6.03 Å². The predicted octanol–water partition coefficient (Wildman–Crippen LogP) is 4.64. The fourth-order valence-electron chi connectivity index (χ4n) is 4.69. The third kappa shape index (κ3) is 8.12. The maximum atomic E-state index is 13.2. The Morgan fingerprint density at radius 2 is 1.67 bits per heavy atom. The summed E-state index contributed by atoms with van der Waals surface area (Å²) < 4.78 is 10.6. The molecule has 3 aromatic rings. The van der Waals surface area contributed by atoms with E-state index in [1.165, 1.54) is 44.6 Å². The summed E-state index contributed by atoms with van der Waals surface area (Å²) in [5.41, 5.74) is 2.51. The Hall–Kier alpha value is -4.59. The second-order valence-corrected chi connectivity index (χ2v) is 10.6. The predicted molar refractivity (Wildman–Crippen MR) is 176 cm³/mol. The SMILES string of the molecule is CCN1CCN(c2ccc(Nc3cc(NC(=O)N(C)c4c(Cl)c(OC)cc(OC)c4Cl)ncn3)c(C=CC(=O)NC=O)c2)CC1. The normalized spacial score (nSPS) is 13.3. The molecular formula is C30H34Cl2N8O5. The number of rotatable bonds is 11. The number of methoxy groups -OCH3 is 2. The summed E-state index contributed by atoms with van der Waals surface area (Å²) in [6.07, 6.45) is 4.51. The number of hydrogen-bond acceptors (Lipinski definition) is 10. The van der Waals surface area contributed by atoms with Crippen LogP contribution in [0.1, 0.15) is 12.5 Å². The van der Waals surface area contributed by atoms with Crippen LogP contribution in [0.2, 0.25) is 10.0 Å². The Balaban J connectivity index is 1.56. The quantitative estimate of drug-likeness (QED) is 0.197. The highest BCUT2D eigenvalue weighted by molar-refractivity contribution is 6.42. The summed E-state index contributed by atoms with van der Waals surface area (Å²) in [5.74, 6) is 0.577. The zero-order valence-electron chi connectivity index (χ0n) is 25.3. The largest absolute Gasteiger partial charge is 0.495 e. The van der Waals surface area contributed by atoms with E-state index in [0.29, 0.717) is 23.5 Å². The first kappa shape index (κ1) is 33.3. The minimum Gasteiger partial charge on any atom is -0.495 e. The van der Waals surface area contributed by atoms with Crippen LogP contribution in [0.4, 0.5) is 33.5 Å². The molecule has 2 aromatic carbocycles. The van der Waals surface area contributed by atoms with Crippen molar-refractivity contribution in [3.05, 3.63) is 58.3 Å². The smallest absolute Gasteiger partial charge is 0.327 e. The Morgan fingerprint density at radius 1 is 1.00 bits per heavy atom. The molecule has 4 rings (SSSR count). The second-order valence-electron chi connectivity index (χ2n) is 9.81. The van der Waals surface area contributed by atoms with Gasteiger partial charge in [0.15, 0.2) is 0 Å². The number of halogens is 2. The van der Waals surface area contributed by atoms with E-state index < -0.39 is 11.9 Å². The molecule has 4 amide bonds. The Bertz CT molecular complexity index is 1550. The molecule has 45 heavy (non-hydrogen) atoms. The number of amides is 4. The van der Waals surface area contributed by atoms with E-state index >= 15 is 0 Å². The van der Waals surface area contributed by atoms with Crippen molar-refractivity contribution in [2.24, 2.45) is 0 Å². The van der Waals surface area contributed by atoms with Gasteiger partial charge in [0, 0.05) is 68.4 Å². The number of nitrogens with zero attached hydrogens (tertiary/aromatic N) is 5. The first-order valence-electron chi connectivity index (χ1n) is 14.0. The lowest BCUT2D eigenvalue weighted by Crippen LogP contribution is -2.46. The van der Waals surface area contributed by atoms with Crippen LogP contribution in [0.25, 0.3) is 6.08 Å². The van der Waals surface area contributed by atoms with Crippen molar-refractivity contribution >= 4 is 76.3 Å². The van der Waals surface area contributed by atoms with Crippen molar-refractivity contribution in [2.75, 3.05) is 74.4 Å². The van der Waals surface area contributed by atoms with Crippen LogP contribution in [0, 0.1) is 0 Å². The number of aromatic nitrogens is 2. The Kier molecular flexibility index (Phi) is 11.4. The average molecular weight is 658 g/mol. The molecule has 1 fully saturated rings. The minimum atomic E-state index is -0.587. The number of anilines is 5.